The highest BCUT2D eigenvalue weighted by Crippen LogP contribution is 2.44. The smallest absolute Gasteiger partial charge is 0.265 e. The van der Waals surface area contributed by atoms with E-state index in [1.165, 1.54) is 37.3 Å². The Hall–Kier alpha value is -4.30. The monoisotopic (exact) mass is 616 g/mol. The van der Waals surface area contributed by atoms with Gasteiger partial charge < -0.3 is 0 Å². The van der Waals surface area contributed by atoms with E-state index in [4.69, 9.17) is 11.6 Å². The molecule has 41 heavy (non-hydrogen) atoms. The van der Waals surface area contributed by atoms with Crippen LogP contribution in [0, 0.1) is 28.5 Å². The van der Waals surface area contributed by atoms with E-state index >= 15 is 0 Å². The molecular weight excluding hydrogens is 598 g/mol. The van der Waals surface area contributed by atoms with Crippen LogP contribution in [0.15, 0.2) is 81.7 Å². The summed E-state index contributed by atoms with van der Waals surface area (Å²) in [6, 6.07) is 12.0. The molecule has 3 aromatic carbocycles. The number of halogens is 3. The van der Waals surface area contributed by atoms with Gasteiger partial charge in [-0.05, 0) is 60.5 Å². The van der Waals surface area contributed by atoms with E-state index in [9.17, 15) is 40.9 Å². The molecule has 0 N–H and O–H groups in total. The second kappa shape index (κ2) is 10.9. The van der Waals surface area contributed by atoms with Crippen molar-refractivity contribution < 1.29 is 30.4 Å². The molecule has 0 bridgehead atoms. The Morgan fingerprint density at radius 3 is 2.29 bits per heavy atom. The number of sulfone groups is 1. The topological polar surface area (TPSA) is 139 Å². The number of anilines is 1. The molecule has 0 spiro atoms. The van der Waals surface area contributed by atoms with Crippen molar-refractivity contribution in [3.8, 4) is 12.1 Å². The fraction of sp³-hybridized carbons (Fsp3) is 0.148. The molecule has 0 fully saturated rings. The highest BCUT2D eigenvalue weighted by atomic mass is 35.5. The number of benzene rings is 3. The van der Waals surface area contributed by atoms with E-state index in [2.05, 4.69) is 0 Å². The van der Waals surface area contributed by atoms with Crippen LogP contribution in [0.3, 0.4) is 0 Å². The van der Waals surface area contributed by atoms with Gasteiger partial charge in [-0.25, -0.2) is 34.7 Å². The Labute approximate surface area is 240 Å². The number of nitrogens with zero attached hydrogens (tertiary/aromatic N) is 4. The van der Waals surface area contributed by atoms with Crippen molar-refractivity contribution in [3.05, 3.63) is 99.5 Å². The maximum atomic E-state index is 14.2. The van der Waals surface area contributed by atoms with Gasteiger partial charge in [-0.2, -0.15) is 10.5 Å². The van der Waals surface area contributed by atoms with E-state index in [1.807, 2.05) is 6.07 Å². The van der Waals surface area contributed by atoms with Crippen LogP contribution < -0.4 is 4.90 Å². The third-order valence-corrected chi connectivity index (χ3v) is 9.52. The van der Waals surface area contributed by atoms with Crippen molar-refractivity contribution in [2.24, 2.45) is 0 Å². The Morgan fingerprint density at radius 2 is 1.71 bits per heavy atom. The lowest BCUT2D eigenvalue weighted by Gasteiger charge is -2.41. The summed E-state index contributed by atoms with van der Waals surface area (Å²) in [6.07, 6.45) is 0.827. The number of carbonyl (C=O) groups is 1. The van der Waals surface area contributed by atoms with Crippen molar-refractivity contribution in [1.29, 1.82) is 10.5 Å². The van der Waals surface area contributed by atoms with Crippen LogP contribution in [-0.4, -0.2) is 33.4 Å². The number of amides is 2. The van der Waals surface area contributed by atoms with Crippen LogP contribution in [0.2, 0.25) is 5.02 Å². The first-order valence-electron chi connectivity index (χ1n) is 11.6. The lowest BCUT2D eigenvalue weighted by molar-refractivity contribution is 0.220. The van der Waals surface area contributed by atoms with Gasteiger partial charge in [0.1, 0.15) is 18.5 Å². The van der Waals surface area contributed by atoms with Gasteiger partial charge in [-0.3, -0.25) is 4.90 Å². The Morgan fingerprint density at radius 1 is 1.00 bits per heavy atom. The SMILES string of the molecule is CC1=C(C#N)[C@@H](c2ccc(C#N)cc2S(C)(=O)=O)N(S(=O)(=O)c2ccc(F)c(Cl)c2)C(=O)N1c1cccc(CF)c1. The van der Waals surface area contributed by atoms with Gasteiger partial charge in [0.15, 0.2) is 9.84 Å². The highest BCUT2D eigenvalue weighted by Gasteiger charge is 2.48. The molecule has 14 heteroatoms. The van der Waals surface area contributed by atoms with Gasteiger partial charge in [0.2, 0.25) is 0 Å². The zero-order valence-electron chi connectivity index (χ0n) is 21.3. The first-order chi connectivity index (χ1) is 19.3. The number of hydrogen-bond donors (Lipinski definition) is 0. The first kappa shape index (κ1) is 29.7. The minimum Gasteiger partial charge on any atom is -0.265 e. The summed E-state index contributed by atoms with van der Waals surface area (Å²) in [5, 5.41) is 19.1. The van der Waals surface area contributed by atoms with Crippen molar-refractivity contribution in [3.63, 3.8) is 0 Å². The summed E-state index contributed by atoms with van der Waals surface area (Å²) in [4.78, 5) is 13.9. The lowest BCUT2D eigenvalue weighted by atomic mass is 9.94. The minimum atomic E-state index is -4.98. The molecule has 0 saturated carbocycles. The molecule has 1 aliphatic rings. The molecule has 0 radical (unpaired) electrons. The highest BCUT2D eigenvalue weighted by molar-refractivity contribution is 7.91. The van der Waals surface area contributed by atoms with Gasteiger partial charge >= 0.3 is 6.03 Å². The fourth-order valence-corrected chi connectivity index (χ4v) is 7.15. The molecule has 1 heterocycles. The molecule has 1 atom stereocenters. The first-order valence-corrected chi connectivity index (χ1v) is 15.3. The summed E-state index contributed by atoms with van der Waals surface area (Å²) in [5.74, 6) is -0.934. The predicted molar refractivity (Wildman–Crippen MR) is 145 cm³/mol. The van der Waals surface area contributed by atoms with Crippen LogP contribution in [0.4, 0.5) is 19.3 Å². The van der Waals surface area contributed by atoms with E-state index in [0.29, 0.717) is 4.31 Å². The molecule has 4 rings (SSSR count). The number of alkyl halides is 1. The third-order valence-electron chi connectivity index (χ3n) is 6.34. The van der Waals surface area contributed by atoms with Crippen LogP contribution in [-0.2, 0) is 26.5 Å². The predicted octanol–water partition coefficient (Wildman–Crippen LogP) is 5.39. The molecule has 0 unspecified atom stereocenters. The number of sulfonamides is 1. The van der Waals surface area contributed by atoms with Crippen LogP contribution >= 0.6 is 11.6 Å². The van der Waals surface area contributed by atoms with Gasteiger partial charge in [-0.15, -0.1) is 0 Å². The molecule has 0 aromatic heterocycles. The van der Waals surface area contributed by atoms with Crippen LogP contribution in [0.25, 0.3) is 0 Å². The second-order valence-corrected chi connectivity index (χ2v) is 13.2. The van der Waals surface area contributed by atoms with Gasteiger partial charge in [-0.1, -0.05) is 29.8 Å². The second-order valence-electron chi connectivity index (χ2n) is 8.95. The molecular formula is C27H19ClF2N4O5S2. The molecule has 0 aliphatic carbocycles. The maximum absolute atomic E-state index is 14.2. The normalized spacial score (nSPS) is 16.0. The molecule has 2 amide bonds. The van der Waals surface area contributed by atoms with Crippen LogP contribution in [0.1, 0.15) is 29.7 Å². The van der Waals surface area contributed by atoms with Crippen molar-refractivity contribution in [1.82, 2.24) is 4.31 Å². The average molecular weight is 617 g/mol. The number of hydrogen-bond acceptors (Lipinski definition) is 7. The average Bonchev–Trinajstić information content (AvgIpc) is 2.93. The van der Waals surface area contributed by atoms with Crippen molar-refractivity contribution in [2.75, 3.05) is 11.2 Å². The van der Waals surface area contributed by atoms with Gasteiger partial charge in [0.05, 0.1) is 43.8 Å². The summed E-state index contributed by atoms with van der Waals surface area (Å²) in [6.45, 7) is 0.458. The maximum Gasteiger partial charge on any atom is 0.343 e. The molecule has 3 aromatic rings. The van der Waals surface area contributed by atoms with E-state index in [-0.39, 0.29) is 33.6 Å². The van der Waals surface area contributed by atoms with Gasteiger partial charge in [0.25, 0.3) is 10.0 Å². The zero-order valence-corrected chi connectivity index (χ0v) is 23.7. The van der Waals surface area contributed by atoms with E-state index in [1.54, 1.807) is 6.07 Å². The Kier molecular flexibility index (Phi) is 7.91. The number of carbonyl (C=O) groups excluding carboxylic acids is 1. The third kappa shape index (κ3) is 5.27. The minimum absolute atomic E-state index is 0.0364. The molecule has 1 aliphatic heterocycles. The largest absolute Gasteiger partial charge is 0.343 e. The summed E-state index contributed by atoms with van der Waals surface area (Å²) < 4.78 is 81.6. The number of allylic oxidation sites excluding steroid dienone is 1. The Bertz CT molecular complexity index is 1930. The lowest BCUT2D eigenvalue weighted by Crippen LogP contribution is -2.52. The Balaban J connectivity index is 2.12. The van der Waals surface area contributed by atoms with Crippen LogP contribution in [0.5, 0.6) is 0 Å². The molecule has 9 nitrogen and oxygen atoms in total. The molecule has 0 saturated heterocycles. The molecule has 210 valence electrons. The van der Waals surface area contributed by atoms with Crippen molar-refractivity contribution in [2.45, 2.75) is 29.4 Å². The number of urea groups is 1. The van der Waals surface area contributed by atoms with E-state index < -0.39 is 59.2 Å². The van der Waals surface area contributed by atoms with E-state index in [0.717, 1.165) is 41.5 Å². The summed E-state index contributed by atoms with van der Waals surface area (Å²) in [5.41, 5.74) is -0.526. The fourth-order valence-electron chi connectivity index (χ4n) is 4.44. The van der Waals surface area contributed by atoms with Gasteiger partial charge in [0, 0.05) is 12.0 Å². The van der Waals surface area contributed by atoms with Crippen molar-refractivity contribution >= 4 is 43.2 Å². The number of nitriles is 2. The zero-order chi connectivity index (χ0) is 30.3. The summed E-state index contributed by atoms with van der Waals surface area (Å²) in [7, 11) is -9.12. The quantitative estimate of drug-likeness (QED) is 0.361. The standard InChI is InChI=1S/C27H19ClF2N4O5S2/c1-16-22(15-32)26(21-8-6-18(14-31)11-25(21)40(2,36)37)34(41(38,39)20-7-9-24(30)23(28)12-20)27(35)33(16)19-5-3-4-17(10-19)13-29/h3-12,26H,13H2,1-2H3/t26-/m1/s1. The number of rotatable bonds is 6. The summed E-state index contributed by atoms with van der Waals surface area (Å²) >= 11 is 5.84.